The summed E-state index contributed by atoms with van der Waals surface area (Å²) < 4.78 is 26.1. The fraction of sp³-hybridized carbons (Fsp3) is 0.333. The van der Waals surface area contributed by atoms with E-state index in [9.17, 15) is 8.78 Å². The van der Waals surface area contributed by atoms with E-state index in [4.69, 9.17) is 5.73 Å². The van der Waals surface area contributed by atoms with Crippen molar-refractivity contribution in [3.63, 3.8) is 0 Å². The third kappa shape index (κ3) is 1.80. The summed E-state index contributed by atoms with van der Waals surface area (Å²) in [6, 6.07) is 5.43. The molecule has 0 spiro atoms. The van der Waals surface area contributed by atoms with Crippen molar-refractivity contribution < 1.29 is 8.78 Å². The molecule has 1 rings (SSSR count). The SMILES string of the molecule is C[C@@](F)(CN)c1cccc(F)c1. The largest absolute Gasteiger partial charge is 0.327 e. The summed E-state index contributed by atoms with van der Waals surface area (Å²) in [5.41, 5.74) is 3.84. The maximum Gasteiger partial charge on any atom is 0.145 e. The van der Waals surface area contributed by atoms with Crippen molar-refractivity contribution in [2.75, 3.05) is 6.54 Å². The molecule has 1 aromatic rings. The molecule has 0 saturated carbocycles. The lowest BCUT2D eigenvalue weighted by Crippen LogP contribution is -2.26. The quantitative estimate of drug-likeness (QED) is 0.723. The van der Waals surface area contributed by atoms with E-state index in [-0.39, 0.29) is 12.1 Å². The van der Waals surface area contributed by atoms with Crippen LogP contribution < -0.4 is 5.73 Å². The van der Waals surface area contributed by atoms with Gasteiger partial charge in [-0.3, -0.25) is 0 Å². The molecule has 3 heteroatoms. The number of nitrogens with two attached hydrogens (primary N) is 1. The van der Waals surface area contributed by atoms with E-state index < -0.39 is 11.5 Å². The first-order valence-corrected chi connectivity index (χ1v) is 3.71. The lowest BCUT2D eigenvalue weighted by Gasteiger charge is -2.17. The van der Waals surface area contributed by atoms with Crippen molar-refractivity contribution in [1.29, 1.82) is 0 Å². The maximum atomic E-state index is 13.4. The minimum atomic E-state index is -1.64. The van der Waals surface area contributed by atoms with Gasteiger partial charge < -0.3 is 5.73 Å². The molecule has 2 N–H and O–H groups in total. The normalized spacial score (nSPS) is 15.7. The summed E-state index contributed by atoms with van der Waals surface area (Å²) in [6.07, 6.45) is 0. The molecule has 0 heterocycles. The molecular formula is C9H11F2N. The van der Waals surface area contributed by atoms with E-state index in [1.807, 2.05) is 0 Å². The van der Waals surface area contributed by atoms with Crippen LogP contribution in [0.5, 0.6) is 0 Å². The average Bonchev–Trinajstić information content (AvgIpc) is 2.05. The molecule has 0 aliphatic carbocycles. The summed E-state index contributed by atoms with van der Waals surface area (Å²) >= 11 is 0. The Morgan fingerprint density at radius 1 is 1.50 bits per heavy atom. The predicted molar refractivity (Wildman–Crippen MR) is 43.9 cm³/mol. The van der Waals surface area contributed by atoms with Crippen molar-refractivity contribution in [2.24, 2.45) is 5.73 Å². The van der Waals surface area contributed by atoms with Crippen molar-refractivity contribution in [3.05, 3.63) is 35.6 Å². The summed E-state index contributed by atoms with van der Waals surface area (Å²) in [6.45, 7) is 1.19. The highest BCUT2D eigenvalue weighted by Crippen LogP contribution is 2.24. The van der Waals surface area contributed by atoms with Gasteiger partial charge in [0.2, 0.25) is 0 Å². The lowest BCUT2D eigenvalue weighted by molar-refractivity contribution is 0.203. The summed E-state index contributed by atoms with van der Waals surface area (Å²) in [4.78, 5) is 0. The zero-order valence-electron chi connectivity index (χ0n) is 6.85. The van der Waals surface area contributed by atoms with Crippen LogP contribution in [0.25, 0.3) is 0 Å². The van der Waals surface area contributed by atoms with Gasteiger partial charge in [0.05, 0.1) is 0 Å². The number of hydrogen-bond donors (Lipinski definition) is 1. The lowest BCUT2D eigenvalue weighted by atomic mass is 9.98. The standard InChI is InChI=1S/C9H11F2N/c1-9(11,6-12)7-3-2-4-8(10)5-7/h2-5H,6,12H2,1H3/t9-/m1/s1. The smallest absolute Gasteiger partial charge is 0.145 e. The summed E-state index contributed by atoms with van der Waals surface area (Å²) in [5.74, 6) is -0.440. The Balaban J connectivity index is 3.03. The first-order chi connectivity index (χ1) is 5.56. The van der Waals surface area contributed by atoms with Gasteiger partial charge in [-0.2, -0.15) is 0 Å². The first kappa shape index (κ1) is 9.13. The molecule has 0 unspecified atom stereocenters. The zero-order valence-corrected chi connectivity index (χ0v) is 6.85. The van der Waals surface area contributed by atoms with E-state index in [0.717, 1.165) is 6.07 Å². The number of hydrogen-bond acceptors (Lipinski definition) is 1. The van der Waals surface area contributed by atoms with E-state index in [1.165, 1.54) is 25.1 Å². The maximum absolute atomic E-state index is 13.4. The van der Waals surface area contributed by atoms with Crippen molar-refractivity contribution in [3.8, 4) is 0 Å². The van der Waals surface area contributed by atoms with Gasteiger partial charge >= 0.3 is 0 Å². The first-order valence-electron chi connectivity index (χ1n) is 3.71. The van der Waals surface area contributed by atoms with Crippen LogP contribution in [0.4, 0.5) is 8.78 Å². The molecule has 0 aromatic heterocycles. The topological polar surface area (TPSA) is 26.0 Å². The summed E-state index contributed by atoms with van der Waals surface area (Å²) in [5, 5.41) is 0. The second-order valence-electron chi connectivity index (χ2n) is 2.91. The van der Waals surface area contributed by atoms with E-state index in [0.29, 0.717) is 0 Å². The number of benzene rings is 1. The highest BCUT2D eigenvalue weighted by Gasteiger charge is 2.23. The predicted octanol–water partition coefficient (Wildman–Crippen LogP) is 1.97. The Morgan fingerprint density at radius 2 is 2.17 bits per heavy atom. The average molecular weight is 171 g/mol. The van der Waals surface area contributed by atoms with Gasteiger partial charge in [0.1, 0.15) is 11.5 Å². The molecule has 12 heavy (non-hydrogen) atoms. The highest BCUT2D eigenvalue weighted by molar-refractivity contribution is 5.22. The third-order valence-electron chi connectivity index (χ3n) is 1.81. The fourth-order valence-corrected chi connectivity index (χ4v) is 0.931. The molecule has 0 saturated heterocycles. The minimum Gasteiger partial charge on any atom is -0.327 e. The third-order valence-corrected chi connectivity index (χ3v) is 1.81. The van der Waals surface area contributed by atoms with Gasteiger partial charge in [-0.05, 0) is 24.6 Å². The molecule has 66 valence electrons. The molecule has 0 amide bonds. The van der Waals surface area contributed by atoms with Crippen molar-refractivity contribution in [2.45, 2.75) is 12.6 Å². The van der Waals surface area contributed by atoms with Crippen LogP contribution in [0.1, 0.15) is 12.5 Å². The molecule has 1 atom stereocenters. The van der Waals surface area contributed by atoms with Gasteiger partial charge in [0.25, 0.3) is 0 Å². The Kier molecular flexibility index (Phi) is 2.43. The molecular weight excluding hydrogens is 160 g/mol. The molecule has 0 radical (unpaired) electrons. The van der Waals surface area contributed by atoms with Crippen LogP contribution in [0.3, 0.4) is 0 Å². The number of halogens is 2. The molecule has 0 fully saturated rings. The minimum absolute atomic E-state index is 0.142. The molecule has 1 aromatic carbocycles. The van der Waals surface area contributed by atoms with Gasteiger partial charge in [-0.15, -0.1) is 0 Å². The van der Waals surface area contributed by atoms with Gasteiger partial charge in [0.15, 0.2) is 0 Å². The van der Waals surface area contributed by atoms with Crippen LogP contribution in [0, 0.1) is 5.82 Å². The van der Waals surface area contributed by atoms with Crippen molar-refractivity contribution >= 4 is 0 Å². The van der Waals surface area contributed by atoms with Crippen LogP contribution in [-0.4, -0.2) is 6.54 Å². The van der Waals surface area contributed by atoms with Crippen LogP contribution in [-0.2, 0) is 5.67 Å². The Morgan fingerprint density at radius 3 is 2.67 bits per heavy atom. The molecule has 0 aliphatic heterocycles. The fourth-order valence-electron chi connectivity index (χ4n) is 0.931. The summed E-state index contributed by atoms with van der Waals surface area (Å²) in [7, 11) is 0. The number of alkyl halides is 1. The van der Waals surface area contributed by atoms with Gasteiger partial charge in [0, 0.05) is 6.54 Å². The Labute approximate surface area is 70.2 Å². The van der Waals surface area contributed by atoms with E-state index >= 15 is 0 Å². The Bertz CT molecular complexity index is 271. The van der Waals surface area contributed by atoms with Crippen LogP contribution in [0.2, 0.25) is 0 Å². The van der Waals surface area contributed by atoms with Gasteiger partial charge in [-0.1, -0.05) is 12.1 Å². The van der Waals surface area contributed by atoms with Gasteiger partial charge in [-0.25, -0.2) is 8.78 Å². The second kappa shape index (κ2) is 3.19. The molecule has 0 aliphatic rings. The van der Waals surface area contributed by atoms with E-state index in [2.05, 4.69) is 0 Å². The van der Waals surface area contributed by atoms with Crippen LogP contribution >= 0.6 is 0 Å². The highest BCUT2D eigenvalue weighted by atomic mass is 19.1. The Hall–Kier alpha value is -0.960. The second-order valence-corrected chi connectivity index (χ2v) is 2.91. The monoisotopic (exact) mass is 171 g/mol. The number of rotatable bonds is 2. The zero-order chi connectivity index (χ0) is 9.19. The molecule has 1 nitrogen and oxygen atoms in total. The van der Waals surface area contributed by atoms with E-state index in [1.54, 1.807) is 0 Å². The van der Waals surface area contributed by atoms with Crippen molar-refractivity contribution in [1.82, 2.24) is 0 Å². The van der Waals surface area contributed by atoms with Crippen LogP contribution in [0.15, 0.2) is 24.3 Å². The molecule has 0 bridgehead atoms.